The Morgan fingerprint density at radius 3 is 2.46 bits per heavy atom. The van der Waals surface area contributed by atoms with Gasteiger partial charge >= 0.3 is 0 Å². The molecular weight excluding hydrogens is 318 g/mol. The maximum atomic E-state index is 12.5. The quantitative estimate of drug-likeness (QED) is 0.787. The zero-order valence-electron chi connectivity index (χ0n) is 14.2. The summed E-state index contributed by atoms with van der Waals surface area (Å²) in [7, 11) is 0. The van der Waals surface area contributed by atoms with Crippen LogP contribution < -0.4 is 5.32 Å². The standard InChI is InChI=1S/C21H24ClNO/c1-14(2)19(15-8-4-3-5-9-15)13-23-21(24)18-12-17(18)16-10-6-7-11-20(16)22/h3-11,14,17-19H,12-13H2,1-2H3,(H,23,24). The van der Waals surface area contributed by atoms with E-state index in [9.17, 15) is 4.79 Å². The highest BCUT2D eigenvalue weighted by Gasteiger charge is 2.44. The van der Waals surface area contributed by atoms with Crippen molar-refractivity contribution in [2.45, 2.75) is 32.1 Å². The van der Waals surface area contributed by atoms with E-state index < -0.39 is 0 Å². The number of carbonyl (C=O) groups excluding carboxylic acids is 1. The maximum Gasteiger partial charge on any atom is 0.223 e. The molecule has 1 saturated carbocycles. The molecule has 1 amide bonds. The molecule has 0 radical (unpaired) electrons. The predicted octanol–water partition coefficient (Wildman–Crippen LogP) is 5.00. The molecule has 1 fully saturated rings. The molecule has 1 aliphatic carbocycles. The second-order valence-corrected chi connectivity index (χ2v) is 7.38. The molecule has 2 nitrogen and oxygen atoms in total. The van der Waals surface area contributed by atoms with E-state index in [-0.39, 0.29) is 17.7 Å². The van der Waals surface area contributed by atoms with Crippen LogP contribution in [-0.4, -0.2) is 12.5 Å². The molecule has 2 aromatic carbocycles. The van der Waals surface area contributed by atoms with Crippen LogP contribution in [0.2, 0.25) is 5.02 Å². The van der Waals surface area contributed by atoms with Crippen LogP contribution in [0.5, 0.6) is 0 Å². The van der Waals surface area contributed by atoms with Gasteiger partial charge in [-0.25, -0.2) is 0 Å². The fraction of sp³-hybridized carbons (Fsp3) is 0.381. The molecule has 0 saturated heterocycles. The summed E-state index contributed by atoms with van der Waals surface area (Å²) in [6, 6.07) is 18.3. The second kappa shape index (κ2) is 7.40. The number of rotatable bonds is 6. The number of amides is 1. The molecular formula is C21H24ClNO. The lowest BCUT2D eigenvalue weighted by atomic mass is 9.88. The number of carbonyl (C=O) groups is 1. The summed E-state index contributed by atoms with van der Waals surface area (Å²) in [6.07, 6.45) is 0.896. The van der Waals surface area contributed by atoms with Crippen LogP contribution in [0.15, 0.2) is 54.6 Å². The van der Waals surface area contributed by atoms with E-state index in [4.69, 9.17) is 11.6 Å². The van der Waals surface area contributed by atoms with Crippen molar-refractivity contribution in [2.24, 2.45) is 11.8 Å². The molecule has 0 aromatic heterocycles. The van der Waals surface area contributed by atoms with Gasteiger partial charge in [0.1, 0.15) is 0 Å². The van der Waals surface area contributed by atoms with Crippen molar-refractivity contribution in [1.29, 1.82) is 0 Å². The van der Waals surface area contributed by atoms with Crippen molar-refractivity contribution in [1.82, 2.24) is 5.32 Å². The molecule has 24 heavy (non-hydrogen) atoms. The van der Waals surface area contributed by atoms with E-state index in [1.54, 1.807) is 0 Å². The minimum Gasteiger partial charge on any atom is -0.355 e. The first-order chi connectivity index (χ1) is 11.6. The first-order valence-corrected chi connectivity index (χ1v) is 9.02. The van der Waals surface area contributed by atoms with Gasteiger partial charge in [0.25, 0.3) is 0 Å². The minimum atomic E-state index is 0.0634. The monoisotopic (exact) mass is 341 g/mol. The van der Waals surface area contributed by atoms with Gasteiger partial charge < -0.3 is 5.32 Å². The lowest BCUT2D eigenvalue weighted by Crippen LogP contribution is -2.31. The molecule has 0 spiro atoms. The number of hydrogen-bond donors (Lipinski definition) is 1. The van der Waals surface area contributed by atoms with Crippen LogP contribution in [0.1, 0.15) is 43.2 Å². The Morgan fingerprint density at radius 1 is 1.12 bits per heavy atom. The number of hydrogen-bond acceptors (Lipinski definition) is 1. The van der Waals surface area contributed by atoms with Gasteiger partial charge in [0.05, 0.1) is 0 Å². The molecule has 126 valence electrons. The van der Waals surface area contributed by atoms with Crippen molar-refractivity contribution in [3.63, 3.8) is 0 Å². The molecule has 3 rings (SSSR count). The third kappa shape index (κ3) is 3.81. The molecule has 1 N–H and O–H groups in total. The van der Waals surface area contributed by atoms with Gasteiger partial charge in [0.2, 0.25) is 5.91 Å². The summed E-state index contributed by atoms with van der Waals surface area (Å²) in [6.45, 7) is 5.09. The summed E-state index contributed by atoms with van der Waals surface area (Å²) in [5.41, 5.74) is 2.38. The van der Waals surface area contributed by atoms with Gasteiger partial charge in [0, 0.05) is 23.4 Å². The zero-order chi connectivity index (χ0) is 17.1. The third-order valence-electron chi connectivity index (χ3n) is 4.96. The maximum absolute atomic E-state index is 12.5. The van der Waals surface area contributed by atoms with E-state index in [1.165, 1.54) is 5.56 Å². The van der Waals surface area contributed by atoms with Gasteiger partial charge in [-0.3, -0.25) is 4.79 Å². The molecule has 3 atom stereocenters. The summed E-state index contributed by atoms with van der Waals surface area (Å²) < 4.78 is 0. The average molecular weight is 342 g/mol. The molecule has 1 aliphatic rings. The van der Waals surface area contributed by atoms with Crippen LogP contribution >= 0.6 is 11.6 Å². The van der Waals surface area contributed by atoms with E-state index in [2.05, 4.69) is 43.4 Å². The molecule has 0 bridgehead atoms. The van der Waals surface area contributed by atoms with Crippen LogP contribution in [0.4, 0.5) is 0 Å². The molecule has 3 unspecified atom stereocenters. The van der Waals surface area contributed by atoms with Crippen molar-refractivity contribution in [3.8, 4) is 0 Å². The highest BCUT2D eigenvalue weighted by Crippen LogP contribution is 2.49. The van der Waals surface area contributed by atoms with Crippen molar-refractivity contribution < 1.29 is 4.79 Å². The number of halogens is 1. The van der Waals surface area contributed by atoms with E-state index in [0.29, 0.717) is 18.4 Å². The summed E-state index contributed by atoms with van der Waals surface area (Å²) in [5.74, 6) is 1.31. The summed E-state index contributed by atoms with van der Waals surface area (Å²) in [5, 5.41) is 3.93. The number of benzene rings is 2. The van der Waals surface area contributed by atoms with Crippen LogP contribution in [0, 0.1) is 11.8 Å². The topological polar surface area (TPSA) is 29.1 Å². The van der Waals surface area contributed by atoms with Crippen molar-refractivity contribution in [2.75, 3.05) is 6.54 Å². The molecule has 0 heterocycles. The highest BCUT2D eigenvalue weighted by atomic mass is 35.5. The molecule has 0 aliphatic heterocycles. The third-order valence-corrected chi connectivity index (χ3v) is 5.30. The van der Waals surface area contributed by atoms with Crippen LogP contribution in [0.3, 0.4) is 0 Å². The average Bonchev–Trinajstić information content (AvgIpc) is 3.36. The smallest absolute Gasteiger partial charge is 0.223 e. The van der Waals surface area contributed by atoms with E-state index in [1.807, 2.05) is 30.3 Å². The van der Waals surface area contributed by atoms with Gasteiger partial charge in [-0.05, 0) is 35.4 Å². The van der Waals surface area contributed by atoms with Crippen LogP contribution in [0.25, 0.3) is 0 Å². The summed E-state index contributed by atoms with van der Waals surface area (Å²) in [4.78, 5) is 12.5. The largest absolute Gasteiger partial charge is 0.355 e. The van der Waals surface area contributed by atoms with Crippen molar-refractivity contribution in [3.05, 3.63) is 70.7 Å². The van der Waals surface area contributed by atoms with E-state index >= 15 is 0 Å². The zero-order valence-corrected chi connectivity index (χ0v) is 15.0. The second-order valence-electron chi connectivity index (χ2n) is 6.98. The molecule has 3 heteroatoms. The Kier molecular flexibility index (Phi) is 5.25. The SMILES string of the molecule is CC(C)C(CNC(=O)C1CC1c1ccccc1Cl)c1ccccc1. The van der Waals surface area contributed by atoms with Crippen molar-refractivity contribution >= 4 is 17.5 Å². The van der Waals surface area contributed by atoms with Gasteiger partial charge in [-0.1, -0.05) is 74.0 Å². The first kappa shape index (κ1) is 17.0. The van der Waals surface area contributed by atoms with E-state index in [0.717, 1.165) is 17.0 Å². The Labute approximate surface area is 149 Å². The first-order valence-electron chi connectivity index (χ1n) is 8.65. The number of nitrogens with one attached hydrogen (secondary N) is 1. The lowest BCUT2D eigenvalue weighted by Gasteiger charge is -2.22. The highest BCUT2D eigenvalue weighted by molar-refractivity contribution is 6.31. The fourth-order valence-corrected chi connectivity index (χ4v) is 3.66. The van der Waals surface area contributed by atoms with Gasteiger partial charge in [-0.15, -0.1) is 0 Å². The summed E-state index contributed by atoms with van der Waals surface area (Å²) >= 11 is 6.25. The molecule has 2 aromatic rings. The Balaban J connectivity index is 1.59. The van der Waals surface area contributed by atoms with Gasteiger partial charge in [0.15, 0.2) is 0 Å². The fourth-order valence-electron chi connectivity index (χ4n) is 3.38. The van der Waals surface area contributed by atoms with Gasteiger partial charge in [-0.2, -0.15) is 0 Å². The normalized spacial score (nSPS) is 20.7. The Hall–Kier alpha value is -1.80. The minimum absolute atomic E-state index is 0.0634. The Morgan fingerprint density at radius 2 is 1.79 bits per heavy atom. The predicted molar refractivity (Wildman–Crippen MR) is 99.3 cm³/mol. The lowest BCUT2D eigenvalue weighted by molar-refractivity contribution is -0.122. The van der Waals surface area contributed by atoms with Crippen LogP contribution in [-0.2, 0) is 4.79 Å². The Bertz CT molecular complexity index is 698.